The van der Waals surface area contributed by atoms with Crippen LogP contribution in [0.15, 0.2) is 58.3 Å². The quantitative estimate of drug-likeness (QED) is 0.721. The normalized spacial score (nSPS) is 19.0. The van der Waals surface area contributed by atoms with E-state index in [1.807, 2.05) is 24.3 Å². The van der Waals surface area contributed by atoms with Crippen molar-refractivity contribution in [3.8, 4) is 0 Å². The molecule has 2 heterocycles. The Hall–Kier alpha value is -1.74. The second kappa shape index (κ2) is 8.18. The first-order chi connectivity index (χ1) is 13.9. The first kappa shape index (κ1) is 20.5. The van der Waals surface area contributed by atoms with Crippen LogP contribution in [-0.4, -0.2) is 46.7 Å². The van der Waals surface area contributed by atoms with Crippen LogP contribution < -0.4 is 0 Å². The molecule has 0 aromatic heterocycles. The fourth-order valence-corrected chi connectivity index (χ4v) is 7.08. The lowest BCUT2D eigenvalue weighted by atomic mass is 10.0. The number of sulfone groups is 1. The van der Waals surface area contributed by atoms with Gasteiger partial charge in [0.25, 0.3) is 0 Å². The SMILES string of the molecule is O=S(=O)(CC1CCOCC1)c1ccc(S(=O)(=O)N2CCc3ccccc3C2)cc1. The van der Waals surface area contributed by atoms with Gasteiger partial charge in [-0.1, -0.05) is 24.3 Å². The summed E-state index contributed by atoms with van der Waals surface area (Å²) in [4.78, 5) is 0.300. The van der Waals surface area contributed by atoms with Gasteiger partial charge in [0.05, 0.1) is 15.5 Å². The van der Waals surface area contributed by atoms with Crippen LogP contribution in [0.2, 0.25) is 0 Å². The second-order valence-corrected chi connectivity index (χ2v) is 11.6. The van der Waals surface area contributed by atoms with Gasteiger partial charge in [-0.3, -0.25) is 0 Å². The minimum atomic E-state index is -3.67. The zero-order chi connectivity index (χ0) is 20.5. The van der Waals surface area contributed by atoms with E-state index in [-0.39, 0.29) is 21.5 Å². The minimum Gasteiger partial charge on any atom is -0.381 e. The fraction of sp³-hybridized carbons (Fsp3) is 0.429. The summed E-state index contributed by atoms with van der Waals surface area (Å²) in [5.74, 6) is 0.163. The van der Waals surface area contributed by atoms with Crippen molar-refractivity contribution in [1.82, 2.24) is 4.31 Å². The number of hydrogen-bond acceptors (Lipinski definition) is 5. The zero-order valence-corrected chi connectivity index (χ0v) is 17.8. The summed E-state index contributed by atoms with van der Waals surface area (Å²) >= 11 is 0. The molecule has 8 heteroatoms. The largest absolute Gasteiger partial charge is 0.381 e. The van der Waals surface area contributed by atoms with Crippen LogP contribution in [-0.2, 0) is 37.6 Å². The maximum absolute atomic E-state index is 13.0. The Labute approximate surface area is 172 Å². The average molecular weight is 436 g/mol. The van der Waals surface area contributed by atoms with Crippen molar-refractivity contribution >= 4 is 19.9 Å². The van der Waals surface area contributed by atoms with Crippen molar-refractivity contribution in [2.75, 3.05) is 25.5 Å². The molecule has 0 amide bonds. The van der Waals surface area contributed by atoms with Crippen LogP contribution in [0, 0.1) is 5.92 Å². The molecule has 2 aromatic rings. The van der Waals surface area contributed by atoms with E-state index < -0.39 is 19.9 Å². The molecule has 2 aliphatic heterocycles. The van der Waals surface area contributed by atoms with Crippen molar-refractivity contribution in [3.63, 3.8) is 0 Å². The van der Waals surface area contributed by atoms with Crippen molar-refractivity contribution < 1.29 is 21.6 Å². The smallest absolute Gasteiger partial charge is 0.243 e. The van der Waals surface area contributed by atoms with Gasteiger partial charge < -0.3 is 4.74 Å². The molecule has 0 radical (unpaired) electrons. The number of rotatable bonds is 5. The topological polar surface area (TPSA) is 80.8 Å². The second-order valence-electron chi connectivity index (χ2n) is 7.67. The maximum Gasteiger partial charge on any atom is 0.243 e. The minimum absolute atomic E-state index is 0.0748. The highest BCUT2D eigenvalue weighted by atomic mass is 32.2. The summed E-state index contributed by atoms with van der Waals surface area (Å²) in [6, 6.07) is 13.5. The summed E-state index contributed by atoms with van der Waals surface area (Å²) < 4.78 is 58.2. The van der Waals surface area contributed by atoms with Gasteiger partial charge in [-0.15, -0.1) is 0 Å². The third-order valence-electron chi connectivity index (χ3n) is 5.71. The molecule has 1 saturated heterocycles. The summed E-state index contributed by atoms with van der Waals surface area (Å²) in [5, 5.41) is 0. The van der Waals surface area contributed by atoms with Gasteiger partial charge in [-0.25, -0.2) is 16.8 Å². The molecule has 0 atom stereocenters. The Kier molecular flexibility index (Phi) is 5.79. The molecule has 1 fully saturated rings. The van der Waals surface area contributed by atoms with E-state index in [9.17, 15) is 16.8 Å². The van der Waals surface area contributed by atoms with Gasteiger partial charge in [-0.05, 0) is 60.6 Å². The van der Waals surface area contributed by atoms with E-state index in [0.29, 0.717) is 32.7 Å². The van der Waals surface area contributed by atoms with E-state index in [4.69, 9.17) is 4.74 Å². The van der Waals surface area contributed by atoms with Gasteiger partial charge in [0.1, 0.15) is 0 Å². The Balaban J connectivity index is 1.51. The average Bonchev–Trinajstić information content (AvgIpc) is 2.74. The lowest BCUT2D eigenvalue weighted by Gasteiger charge is -2.28. The number of nitrogens with zero attached hydrogens (tertiary/aromatic N) is 1. The van der Waals surface area contributed by atoms with E-state index in [1.54, 1.807) is 0 Å². The van der Waals surface area contributed by atoms with Crippen LogP contribution in [0.4, 0.5) is 0 Å². The van der Waals surface area contributed by atoms with E-state index >= 15 is 0 Å². The van der Waals surface area contributed by atoms with Crippen molar-refractivity contribution in [2.45, 2.75) is 35.6 Å². The number of ether oxygens (including phenoxy) is 1. The van der Waals surface area contributed by atoms with Crippen molar-refractivity contribution in [2.24, 2.45) is 5.92 Å². The van der Waals surface area contributed by atoms with Crippen LogP contribution in [0.1, 0.15) is 24.0 Å². The molecular weight excluding hydrogens is 410 g/mol. The van der Waals surface area contributed by atoms with Gasteiger partial charge in [0.15, 0.2) is 9.84 Å². The van der Waals surface area contributed by atoms with Crippen LogP contribution in [0.3, 0.4) is 0 Å². The summed E-state index contributed by atoms with van der Waals surface area (Å²) in [6.45, 7) is 1.94. The van der Waals surface area contributed by atoms with Gasteiger partial charge in [0, 0.05) is 26.3 Å². The van der Waals surface area contributed by atoms with Crippen molar-refractivity contribution in [3.05, 3.63) is 59.7 Å². The number of benzene rings is 2. The Bertz CT molecular complexity index is 1070. The first-order valence-electron chi connectivity index (χ1n) is 9.84. The van der Waals surface area contributed by atoms with E-state index in [1.165, 1.54) is 34.1 Å². The Morgan fingerprint density at radius 1 is 0.862 bits per heavy atom. The molecule has 0 spiro atoms. The summed E-state index contributed by atoms with van der Waals surface area (Å²) in [6.07, 6.45) is 2.15. The van der Waals surface area contributed by atoms with E-state index in [2.05, 4.69) is 0 Å². The van der Waals surface area contributed by atoms with E-state index in [0.717, 1.165) is 18.4 Å². The third kappa shape index (κ3) is 4.40. The monoisotopic (exact) mass is 435 g/mol. The lowest BCUT2D eigenvalue weighted by Crippen LogP contribution is -2.35. The number of hydrogen-bond donors (Lipinski definition) is 0. The van der Waals surface area contributed by atoms with Crippen LogP contribution in [0.25, 0.3) is 0 Å². The molecule has 156 valence electrons. The first-order valence-corrected chi connectivity index (χ1v) is 12.9. The number of fused-ring (bicyclic) bond motifs is 1. The lowest BCUT2D eigenvalue weighted by molar-refractivity contribution is 0.0723. The molecule has 0 saturated carbocycles. The molecule has 6 nitrogen and oxygen atoms in total. The highest BCUT2D eigenvalue weighted by molar-refractivity contribution is 7.91. The molecule has 2 aromatic carbocycles. The van der Waals surface area contributed by atoms with Gasteiger partial charge >= 0.3 is 0 Å². The summed E-state index contributed by atoms with van der Waals surface area (Å²) in [7, 11) is -7.12. The fourth-order valence-electron chi connectivity index (χ4n) is 3.96. The van der Waals surface area contributed by atoms with Crippen molar-refractivity contribution in [1.29, 1.82) is 0 Å². The summed E-state index contributed by atoms with van der Waals surface area (Å²) in [5.41, 5.74) is 2.19. The predicted molar refractivity (Wildman–Crippen MR) is 110 cm³/mol. The molecule has 0 bridgehead atoms. The molecule has 29 heavy (non-hydrogen) atoms. The third-order valence-corrected chi connectivity index (χ3v) is 9.47. The van der Waals surface area contributed by atoms with Crippen LogP contribution >= 0.6 is 0 Å². The highest BCUT2D eigenvalue weighted by Gasteiger charge is 2.29. The number of sulfonamides is 1. The Morgan fingerprint density at radius 2 is 1.48 bits per heavy atom. The van der Waals surface area contributed by atoms with Gasteiger partial charge in [0.2, 0.25) is 10.0 Å². The van der Waals surface area contributed by atoms with Gasteiger partial charge in [-0.2, -0.15) is 4.31 Å². The molecule has 0 N–H and O–H groups in total. The zero-order valence-electron chi connectivity index (χ0n) is 16.2. The molecule has 0 aliphatic carbocycles. The standard InChI is InChI=1S/C21H25NO5S2/c23-28(24,16-17-10-13-27-14-11-17)20-5-7-21(8-6-20)29(25,26)22-12-9-18-3-1-2-4-19(18)15-22/h1-8,17H,9-16H2. The maximum atomic E-state index is 13.0. The predicted octanol–water partition coefficient (Wildman–Crippen LogP) is 2.63. The molecule has 0 unspecified atom stereocenters. The molecule has 4 rings (SSSR count). The molecule has 2 aliphatic rings. The highest BCUT2D eigenvalue weighted by Crippen LogP contribution is 2.27. The Morgan fingerprint density at radius 3 is 2.17 bits per heavy atom. The van der Waals surface area contributed by atoms with Crippen LogP contribution in [0.5, 0.6) is 0 Å². The molecular formula is C21H25NO5S2.